The number of benzene rings is 1. The van der Waals surface area contributed by atoms with Gasteiger partial charge in [0.05, 0.1) is 7.11 Å². The zero-order valence-electron chi connectivity index (χ0n) is 9.07. The Kier molecular flexibility index (Phi) is 3.05. The van der Waals surface area contributed by atoms with Crippen molar-refractivity contribution in [1.82, 2.24) is 0 Å². The molecule has 0 aromatic heterocycles. The first-order valence-electron chi connectivity index (χ1n) is 5.48. The van der Waals surface area contributed by atoms with E-state index in [1.165, 1.54) is 12.0 Å². The van der Waals surface area contributed by atoms with Crippen molar-refractivity contribution < 1.29 is 4.74 Å². The topological polar surface area (TPSA) is 33.1 Å². The highest BCUT2D eigenvalue weighted by Crippen LogP contribution is 2.38. The summed E-state index contributed by atoms with van der Waals surface area (Å²) in [6.45, 7) is 0. The van der Waals surface area contributed by atoms with E-state index in [4.69, 9.17) is 10.1 Å². The average Bonchev–Trinajstić information content (AvgIpc) is 2.78. The molecule has 1 aromatic rings. The van der Waals surface area contributed by atoms with E-state index in [-0.39, 0.29) is 0 Å². The van der Waals surface area contributed by atoms with E-state index in [1.54, 1.807) is 7.11 Å². The highest BCUT2D eigenvalue weighted by Gasteiger charge is 2.29. The van der Waals surface area contributed by atoms with Gasteiger partial charge in [0.15, 0.2) is 5.90 Å². The Bertz CT molecular complexity index is 334. The summed E-state index contributed by atoms with van der Waals surface area (Å²) < 4.78 is 5.00. The minimum atomic E-state index is 0.334. The van der Waals surface area contributed by atoms with Crippen LogP contribution in [0.1, 0.15) is 30.7 Å². The van der Waals surface area contributed by atoms with Crippen LogP contribution < -0.4 is 0 Å². The number of rotatable bonds is 2. The summed E-state index contributed by atoms with van der Waals surface area (Å²) in [6, 6.07) is 10.6. The van der Waals surface area contributed by atoms with Gasteiger partial charge in [0, 0.05) is 5.92 Å². The molecule has 1 saturated carbocycles. The van der Waals surface area contributed by atoms with Crippen LogP contribution in [0.5, 0.6) is 0 Å². The molecule has 0 bridgehead atoms. The van der Waals surface area contributed by atoms with Crippen LogP contribution in [-0.2, 0) is 4.74 Å². The third-order valence-electron chi connectivity index (χ3n) is 3.29. The van der Waals surface area contributed by atoms with Gasteiger partial charge in [0.25, 0.3) is 0 Å². The van der Waals surface area contributed by atoms with Crippen LogP contribution in [0.25, 0.3) is 0 Å². The van der Waals surface area contributed by atoms with Crippen LogP contribution in [0.15, 0.2) is 30.3 Å². The summed E-state index contributed by atoms with van der Waals surface area (Å²) in [6.07, 6.45) is 3.34. The van der Waals surface area contributed by atoms with Gasteiger partial charge in [-0.15, -0.1) is 0 Å². The molecule has 2 nitrogen and oxygen atoms in total. The summed E-state index contributed by atoms with van der Waals surface area (Å²) in [7, 11) is 1.60. The monoisotopic (exact) mass is 203 g/mol. The molecular weight excluding hydrogens is 186 g/mol. The van der Waals surface area contributed by atoms with E-state index in [1.807, 2.05) is 6.07 Å². The molecule has 2 atom stereocenters. The van der Waals surface area contributed by atoms with Gasteiger partial charge in [-0.1, -0.05) is 30.3 Å². The van der Waals surface area contributed by atoms with Gasteiger partial charge in [-0.25, -0.2) is 0 Å². The predicted octanol–water partition coefficient (Wildman–Crippen LogP) is 3.19. The molecule has 1 fully saturated rings. The van der Waals surface area contributed by atoms with Crippen molar-refractivity contribution in [2.45, 2.75) is 25.2 Å². The molecule has 1 aliphatic carbocycles. The molecule has 1 aromatic carbocycles. The van der Waals surface area contributed by atoms with E-state index in [0.29, 0.717) is 17.7 Å². The number of hydrogen-bond donors (Lipinski definition) is 1. The Balaban J connectivity index is 2.02. The van der Waals surface area contributed by atoms with Crippen LogP contribution in [-0.4, -0.2) is 13.0 Å². The first-order valence-corrected chi connectivity index (χ1v) is 5.48. The van der Waals surface area contributed by atoms with Crippen molar-refractivity contribution in [2.24, 2.45) is 5.92 Å². The molecule has 1 N–H and O–H groups in total. The van der Waals surface area contributed by atoms with Crippen molar-refractivity contribution in [3.63, 3.8) is 0 Å². The Hall–Kier alpha value is -1.31. The third kappa shape index (κ3) is 2.20. The summed E-state index contributed by atoms with van der Waals surface area (Å²) in [5.74, 6) is 1.40. The van der Waals surface area contributed by atoms with Crippen LogP contribution in [0.3, 0.4) is 0 Å². The fourth-order valence-corrected chi connectivity index (χ4v) is 2.41. The average molecular weight is 203 g/mol. The van der Waals surface area contributed by atoms with Gasteiger partial charge >= 0.3 is 0 Å². The Morgan fingerprint density at radius 3 is 2.67 bits per heavy atom. The molecule has 0 radical (unpaired) electrons. The summed E-state index contributed by atoms with van der Waals surface area (Å²) in [4.78, 5) is 0. The normalized spacial score (nSPS) is 25.1. The Labute approximate surface area is 90.8 Å². The lowest BCUT2D eigenvalue weighted by Gasteiger charge is -2.11. The highest BCUT2D eigenvalue weighted by molar-refractivity contribution is 5.75. The minimum absolute atomic E-state index is 0.334. The van der Waals surface area contributed by atoms with E-state index in [9.17, 15) is 0 Å². The first-order chi connectivity index (χ1) is 7.31. The molecule has 0 spiro atoms. The molecule has 2 unspecified atom stereocenters. The quantitative estimate of drug-likeness (QED) is 0.581. The molecule has 0 aliphatic heterocycles. The van der Waals surface area contributed by atoms with Crippen molar-refractivity contribution in [2.75, 3.05) is 7.11 Å². The second kappa shape index (κ2) is 4.47. The molecule has 2 rings (SSSR count). The number of ether oxygens (including phenoxy) is 1. The highest BCUT2D eigenvalue weighted by atomic mass is 16.5. The first kappa shape index (κ1) is 10.2. The second-order valence-corrected chi connectivity index (χ2v) is 4.19. The van der Waals surface area contributed by atoms with E-state index < -0.39 is 0 Å². The van der Waals surface area contributed by atoms with Gasteiger partial charge < -0.3 is 4.74 Å². The zero-order chi connectivity index (χ0) is 10.7. The van der Waals surface area contributed by atoms with Gasteiger partial charge in [0.2, 0.25) is 0 Å². The number of nitrogens with one attached hydrogen (secondary N) is 1. The van der Waals surface area contributed by atoms with Crippen LogP contribution >= 0.6 is 0 Å². The predicted molar refractivity (Wildman–Crippen MR) is 61.3 cm³/mol. The van der Waals surface area contributed by atoms with Crippen LogP contribution in [0.2, 0.25) is 0 Å². The molecule has 0 amide bonds. The fourth-order valence-electron chi connectivity index (χ4n) is 2.41. The molecule has 15 heavy (non-hydrogen) atoms. The maximum atomic E-state index is 7.66. The number of methoxy groups -OCH3 is 1. The Morgan fingerprint density at radius 2 is 2.00 bits per heavy atom. The second-order valence-electron chi connectivity index (χ2n) is 4.19. The van der Waals surface area contributed by atoms with Gasteiger partial charge in [-0.2, -0.15) is 0 Å². The molecule has 80 valence electrons. The van der Waals surface area contributed by atoms with Crippen LogP contribution in [0, 0.1) is 11.3 Å². The number of hydrogen-bond acceptors (Lipinski definition) is 2. The summed E-state index contributed by atoms with van der Waals surface area (Å²) in [5.41, 5.74) is 1.41. The maximum absolute atomic E-state index is 7.66. The lowest BCUT2D eigenvalue weighted by Crippen LogP contribution is -2.11. The maximum Gasteiger partial charge on any atom is 0.183 e. The van der Waals surface area contributed by atoms with E-state index >= 15 is 0 Å². The smallest absolute Gasteiger partial charge is 0.183 e. The van der Waals surface area contributed by atoms with E-state index in [2.05, 4.69) is 24.3 Å². The van der Waals surface area contributed by atoms with Crippen LogP contribution in [0.4, 0.5) is 0 Å². The van der Waals surface area contributed by atoms with Crippen molar-refractivity contribution >= 4 is 5.90 Å². The van der Waals surface area contributed by atoms with Crippen molar-refractivity contribution in [3.05, 3.63) is 35.9 Å². The van der Waals surface area contributed by atoms with Gasteiger partial charge in [0.1, 0.15) is 0 Å². The summed E-state index contributed by atoms with van der Waals surface area (Å²) >= 11 is 0. The molecule has 0 saturated heterocycles. The SMILES string of the molecule is COC(=N)C1CCC(c2ccccc2)C1. The summed E-state index contributed by atoms with van der Waals surface area (Å²) in [5, 5.41) is 7.66. The van der Waals surface area contributed by atoms with Gasteiger partial charge in [-0.3, -0.25) is 5.41 Å². The zero-order valence-corrected chi connectivity index (χ0v) is 9.07. The lowest BCUT2D eigenvalue weighted by molar-refractivity contribution is 0.360. The molecular formula is C13H17NO. The molecule has 2 heteroatoms. The Morgan fingerprint density at radius 1 is 1.27 bits per heavy atom. The molecule has 0 heterocycles. The molecule has 1 aliphatic rings. The van der Waals surface area contributed by atoms with Gasteiger partial charge in [-0.05, 0) is 30.7 Å². The fraction of sp³-hybridized carbons (Fsp3) is 0.462. The largest absolute Gasteiger partial charge is 0.484 e. The third-order valence-corrected chi connectivity index (χ3v) is 3.29. The van der Waals surface area contributed by atoms with E-state index in [0.717, 1.165) is 12.8 Å². The van der Waals surface area contributed by atoms with Crippen molar-refractivity contribution in [1.29, 1.82) is 5.41 Å². The minimum Gasteiger partial charge on any atom is -0.484 e. The van der Waals surface area contributed by atoms with Crippen molar-refractivity contribution in [3.8, 4) is 0 Å². The standard InChI is InChI=1S/C13H17NO/c1-15-13(14)12-8-7-11(9-12)10-5-3-2-4-6-10/h2-6,11-12,14H,7-9H2,1H3. The lowest BCUT2D eigenvalue weighted by atomic mass is 9.96.